The molecule has 0 N–H and O–H groups in total. The van der Waals surface area contributed by atoms with E-state index in [0.29, 0.717) is 19.3 Å². The van der Waals surface area contributed by atoms with Crippen LogP contribution in [0.15, 0.2) is 122 Å². The molecule has 1 unspecified atom stereocenters. The Bertz CT molecular complexity index is 1690. The quantitative estimate of drug-likeness (QED) is 0.0261. The predicted molar refractivity (Wildman–Crippen MR) is 357 cm³/mol. The van der Waals surface area contributed by atoms with E-state index in [1.165, 1.54) is 148 Å². The van der Waals surface area contributed by atoms with Crippen molar-refractivity contribution in [3.8, 4) is 0 Å². The molecule has 1 atom stereocenters. The molecule has 6 heteroatoms. The Morgan fingerprint density at radius 3 is 0.744 bits per heavy atom. The first-order valence-corrected chi connectivity index (χ1v) is 34.5. The molecular formula is C76H128O6. The molecule has 0 spiro atoms. The van der Waals surface area contributed by atoms with Crippen LogP contribution in [0.25, 0.3) is 0 Å². The second-order valence-corrected chi connectivity index (χ2v) is 22.7. The zero-order valence-corrected chi connectivity index (χ0v) is 53.7. The van der Waals surface area contributed by atoms with Crippen molar-refractivity contribution in [3.63, 3.8) is 0 Å². The number of ether oxygens (including phenoxy) is 3. The summed E-state index contributed by atoms with van der Waals surface area (Å²) in [5, 5.41) is 0. The van der Waals surface area contributed by atoms with Gasteiger partial charge >= 0.3 is 17.9 Å². The van der Waals surface area contributed by atoms with Crippen molar-refractivity contribution >= 4 is 17.9 Å². The maximum Gasteiger partial charge on any atom is 0.306 e. The molecule has 0 aromatic carbocycles. The van der Waals surface area contributed by atoms with Crippen LogP contribution in [-0.2, 0) is 28.6 Å². The number of esters is 3. The van der Waals surface area contributed by atoms with Crippen LogP contribution in [0.3, 0.4) is 0 Å². The minimum absolute atomic E-state index is 0.0830. The Balaban J connectivity index is 4.39. The van der Waals surface area contributed by atoms with Crippen LogP contribution in [0.5, 0.6) is 0 Å². The summed E-state index contributed by atoms with van der Waals surface area (Å²) in [6, 6.07) is 0. The fourth-order valence-corrected chi connectivity index (χ4v) is 9.62. The lowest BCUT2D eigenvalue weighted by atomic mass is 10.0. The molecular weight excluding hydrogens is 1010 g/mol. The summed E-state index contributed by atoms with van der Waals surface area (Å²) in [6.07, 6.45) is 96.3. The second-order valence-electron chi connectivity index (χ2n) is 22.7. The summed E-state index contributed by atoms with van der Waals surface area (Å²) in [5.41, 5.74) is 0. The van der Waals surface area contributed by atoms with Crippen LogP contribution >= 0.6 is 0 Å². The average Bonchev–Trinajstić information content (AvgIpc) is 3.47. The zero-order valence-electron chi connectivity index (χ0n) is 53.7. The van der Waals surface area contributed by atoms with Gasteiger partial charge in [0.2, 0.25) is 0 Å². The highest BCUT2D eigenvalue weighted by Gasteiger charge is 2.19. The average molecular weight is 1140 g/mol. The molecule has 0 aliphatic heterocycles. The van der Waals surface area contributed by atoms with E-state index in [4.69, 9.17) is 14.2 Å². The van der Waals surface area contributed by atoms with E-state index in [0.717, 1.165) is 135 Å². The van der Waals surface area contributed by atoms with Gasteiger partial charge in [-0.3, -0.25) is 14.4 Å². The topological polar surface area (TPSA) is 78.9 Å². The van der Waals surface area contributed by atoms with Crippen molar-refractivity contribution in [1.29, 1.82) is 0 Å². The molecule has 0 amide bonds. The van der Waals surface area contributed by atoms with Crippen LogP contribution in [0.4, 0.5) is 0 Å². The molecule has 0 aliphatic carbocycles. The summed E-state index contributed by atoms with van der Waals surface area (Å²) < 4.78 is 17.0. The van der Waals surface area contributed by atoms with Crippen molar-refractivity contribution in [2.75, 3.05) is 13.2 Å². The summed E-state index contributed by atoms with van der Waals surface area (Å²) in [6.45, 7) is 6.44. The van der Waals surface area contributed by atoms with E-state index in [2.05, 4.69) is 142 Å². The summed E-state index contributed by atoms with van der Waals surface area (Å²) in [4.78, 5) is 38.5. The van der Waals surface area contributed by atoms with Crippen molar-refractivity contribution < 1.29 is 28.6 Å². The molecule has 0 fully saturated rings. The zero-order chi connectivity index (χ0) is 59.2. The Morgan fingerprint density at radius 2 is 0.476 bits per heavy atom. The minimum Gasteiger partial charge on any atom is -0.462 e. The molecule has 82 heavy (non-hydrogen) atoms. The molecule has 0 heterocycles. The van der Waals surface area contributed by atoms with Gasteiger partial charge in [0, 0.05) is 19.3 Å². The molecule has 468 valence electrons. The Labute approximate surface area is 507 Å². The normalized spacial score (nSPS) is 12.9. The lowest BCUT2D eigenvalue weighted by Gasteiger charge is -2.18. The van der Waals surface area contributed by atoms with Gasteiger partial charge in [0.15, 0.2) is 6.10 Å². The highest BCUT2D eigenvalue weighted by molar-refractivity contribution is 5.71. The maximum absolute atomic E-state index is 13.0. The molecule has 0 aliphatic rings. The van der Waals surface area contributed by atoms with Gasteiger partial charge in [0.25, 0.3) is 0 Å². The molecule has 6 nitrogen and oxygen atoms in total. The number of hydrogen-bond acceptors (Lipinski definition) is 6. The van der Waals surface area contributed by atoms with Gasteiger partial charge < -0.3 is 14.2 Å². The van der Waals surface area contributed by atoms with Crippen LogP contribution in [0.1, 0.15) is 323 Å². The van der Waals surface area contributed by atoms with E-state index in [-0.39, 0.29) is 31.1 Å². The smallest absolute Gasteiger partial charge is 0.306 e. The van der Waals surface area contributed by atoms with Gasteiger partial charge in [-0.15, -0.1) is 0 Å². The van der Waals surface area contributed by atoms with E-state index in [1.54, 1.807) is 0 Å². The van der Waals surface area contributed by atoms with Gasteiger partial charge in [-0.1, -0.05) is 316 Å². The third-order valence-corrected chi connectivity index (χ3v) is 14.7. The first kappa shape index (κ1) is 77.8. The summed E-state index contributed by atoms with van der Waals surface area (Å²) in [5.74, 6) is -0.888. The molecule has 0 saturated heterocycles. The molecule has 0 saturated carbocycles. The first-order valence-electron chi connectivity index (χ1n) is 34.5. The number of unbranched alkanes of at least 4 members (excludes halogenated alkanes) is 31. The second kappa shape index (κ2) is 69.3. The largest absolute Gasteiger partial charge is 0.462 e. The summed E-state index contributed by atoms with van der Waals surface area (Å²) >= 11 is 0. The third-order valence-electron chi connectivity index (χ3n) is 14.7. The fraction of sp³-hybridized carbons (Fsp3) is 0.697. The van der Waals surface area contributed by atoms with Gasteiger partial charge in [-0.2, -0.15) is 0 Å². The monoisotopic (exact) mass is 1140 g/mol. The molecule has 0 radical (unpaired) electrons. The highest BCUT2D eigenvalue weighted by Crippen LogP contribution is 2.17. The van der Waals surface area contributed by atoms with E-state index < -0.39 is 6.10 Å². The van der Waals surface area contributed by atoms with Gasteiger partial charge in [-0.05, 0) is 109 Å². The van der Waals surface area contributed by atoms with E-state index in [9.17, 15) is 14.4 Å². The van der Waals surface area contributed by atoms with E-state index in [1.807, 2.05) is 0 Å². The Kier molecular flexibility index (Phi) is 65.8. The Hall–Kier alpha value is -4.19. The number of hydrogen-bond donors (Lipinski definition) is 0. The fourth-order valence-electron chi connectivity index (χ4n) is 9.62. The lowest BCUT2D eigenvalue weighted by molar-refractivity contribution is -0.167. The van der Waals surface area contributed by atoms with Crippen molar-refractivity contribution in [2.45, 2.75) is 329 Å². The molecule has 0 aromatic rings. The van der Waals surface area contributed by atoms with Crippen molar-refractivity contribution in [3.05, 3.63) is 122 Å². The van der Waals surface area contributed by atoms with Gasteiger partial charge in [0.1, 0.15) is 13.2 Å². The SMILES string of the molecule is CC/C=C\C/C=C\C/C=C\C/C=C\C/C=C\C/C=C\CCCCCCCCCCC(=O)OCC(COC(=O)CCCCCCCCCCCCCCCCCC)OC(=O)CCCCCCCCCC/C=C\C/C=C\C/C=C\C/C=C\CC. The molecule has 0 bridgehead atoms. The van der Waals surface area contributed by atoms with Crippen LogP contribution in [-0.4, -0.2) is 37.2 Å². The molecule has 0 rings (SSSR count). The highest BCUT2D eigenvalue weighted by atomic mass is 16.6. The van der Waals surface area contributed by atoms with Crippen LogP contribution in [0.2, 0.25) is 0 Å². The van der Waals surface area contributed by atoms with Crippen molar-refractivity contribution in [2.24, 2.45) is 0 Å². The first-order chi connectivity index (χ1) is 40.5. The number of allylic oxidation sites excluding steroid dienone is 20. The third kappa shape index (κ3) is 66.6. The predicted octanol–water partition coefficient (Wildman–Crippen LogP) is 23.9. The van der Waals surface area contributed by atoms with Gasteiger partial charge in [-0.25, -0.2) is 0 Å². The van der Waals surface area contributed by atoms with Crippen LogP contribution in [0, 0.1) is 0 Å². The maximum atomic E-state index is 13.0. The summed E-state index contributed by atoms with van der Waals surface area (Å²) in [7, 11) is 0. The lowest BCUT2D eigenvalue weighted by Crippen LogP contribution is -2.30. The minimum atomic E-state index is -0.790. The van der Waals surface area contributed by atoms with E-state index >= 15 is 0 Å². The Morgan fingerprint density at radius 1 is 0.256 bits per heavy atom. The number of carbonyl (C=O) groups excluding carboxylic acids is 3. The number of carbonyl (C=O) groups is 3. The number of rotatable bonds is 62. The molecule has 0 aromatic heterocycles. The van der Waals surface area contributed by atoms with Crippen molar-refractivity contribution in [1.82, 2.24) is 0 Å². The standard InChI is InChI=1S/C76H128O6/c1-4-7-10-13-16-19-22-25-28-31-33-35-36-37-38-39-40-42-43-45-48-51-54-57-60-63-66-69-75(78)81-72-73(71-80-74(77)68-65-62-59-56-53-50-47-30-27-24-21-18-15-12-9-6-3)82-76(79)70-67-64-61-58-55-52-49-46-44-41-34-32-29-26-23-20-17-14-11-8-5-2/h7-8,10-11,16-17,19-20,25-26,28-29,33-35,37-38,40-42,73H,4-6,9,12-15,18,21-24,27,30-32,36,39,43-72H2,1-3H3/b10-7-,11-8-,19-16-,20-17-,28-25-,29-26-,35-33-,38-37-,41-34-,42-40-. The van der Waals surface area contributed by atoms with Crippen LogP contribution < -0.4 is 0 Å². The van der Waals surface area contributed by atoms with Gasteiger partial charge in [0.05, 0.1) is 0 Å².